The second-order valence-electron chi connectivity index (χ2n) is 2.73. The first-order chi connectivity index (χ1) is 6.70. The predicted octanol–water partition coefficient (Wildman–Crippen LogP) is 1.77. The molecular formula is C9H7ClN2O2. The molecule has 2 aromatic heterocycles. The number of methoxy groups -OCH3 is 1. The monoisotopic (exact) mass is 210 g/mol. The molecule has 0 bridgehead atoms. The summed E-state index contributed by atoms with van der Waals surface area (Å²) in [6, 6.07) is 3.44. The van der Waals surface area contributed by atoms with Gasteiger partial charge in [-0.15, -0.1) is 0 Å². The van der Waals surface area contributed by atoms with E-state index in [1.165, 1.54) is 7.11 Å². The highest BCUT2D eigenvalue weighted by Crippen LogP contribution is 2.11. The van der Waals surface area contributed by atoms with Crippen LogP contribution in [0.2, 0.25) is 5.02 Å². The maximum absolute atomic E-state index is 11.1. The van der Waals surface area contributed by atoms with Gasteiger partial charge in [0.2, 0.25) is 0 Å². The first-order valence-electron chi connectivity index (χ1n) is 3.93. The number of ether oxygens (including phenoxy) is 1. The summed E-state index contributed by atoms with van der Waals surface area (Å²) < 4.78 is 6.22. The molecule has 0 N–H and O–H groups in total. The number of aromatic nitrogens is 2. The van der Waals surface area contributed by atoms with Gasteiger partial charge in [-0.3, -0.25) is 0 Å². The number of fused-ring (bicyclic) bond motifs is 1. The third kappa shape index (κ3) is 1.44. The number of pyridine rings is 1. The highest BCUT2D eigenvalue weighted by atomic mass is 35.5. The Bertz CT molecular complexity index is 493. The van der Waals surface area contributed by atoms with E-state index in [0.29, 0.717) is 10.7 Å². The normalized spacial score (nSPS) is 10.4. The average molecular weight is 211 g/mol. The summed E-state index contributed by atoms with van der Waals surface area (Å²) in [6.07, 6.45) is 3.25. The van der Waals surface area contributed by atoms with Crippen molar-refractivity contribution in [3.63, 3.8) is 0 Å². The van der Waals surface area contributed by atoms with E-state index >= 15 is 0 Å². The first-order valence-corrected chi connectivity index (χ1v) is 4.31. The van der Waals surface area contributed by atoms with Crippen LogP contribution in [-0.2, 0) is 4.74 Å². The van der Waals surface area contributed by atoms with Crippen LogP contribution in [0.5, 0.6) is 0 Å². The Morgan fingerprint density at radius 1 is 1.50 bits per heavy atom. The van der Waals surface area contributed by atoms with Crippen LogP contribution >= 0.6 is 11.6 Å². The Hall–Kier alpha value is -1.55. The number of esters is 1. The van der Waals surface area contributed by atoms with E-state index in [9.17, 15) is 4.79 Å². The number of hydrogen-bond donors (Lipinski definition) is 0. The van der Waals surface area contributed by atoms with E-state index in [1.54, 1.807) is 28.9 Å². The van der Waals surface area contributed by atoms with Gasteiger partial charge in [0.1, 0.15) is 5.65 Å². The lowest BCUT2D eigenvalue weighted by molar-refractivity contribution is 0.0595. The molecule has 0 aliphatic rings. The molecule has 0 saturated heterocycles. The minimum Gasteiger partial charge on any atom is -0.464 e. The minimum absolute atomic E-state index is 0.273. The van der Waals surface area contributed by atoms with Crippen molar-refractivity contribution in [2.45, 2.75) is 0 Å². The summed E-state index contributed by atoms with van der Waals surface area (Å²) in [5.74, 6) is -0.454. The highest BCUT2D eigenvalue weighted by molar-refractivity contribution is 6.30. The zero-order valence-electron chi connectivity index (χ0n) is 7.40. The van der Waals surface area contributed by atoms with Crippen LogP contribution in [0.15, 0.2) is 24.5 Å². The van der Waals surface area contributed by atoms with Crippen molar-refractivity contribution in [3.8, 4) is 0 Å². The molecule has 0 aliphatic heterocycles. The Morgan fingerprint density at radius 3 is 3.00 bits per heavy atom. The highest BCUT2D eigenvalue weighted by Gasteiger charge is 2.10. The standard InChI is InChI=1S/C9H7ClN2O2/c1-14-9(13)7-5-12-4-6(10)2-3-8(12)11-7/h2-5H,1H3. The van der Waals surface area contributed by atoms with Crippen LogP contribution in [0, 0.1) is 0 Å². The topological polar surface area (TPSA) is 43.6 Å². The van der Waals surface area contributed by atoms with E-state index in [4.69, 9.17) is 11.6 Å². The van der Waals surface area contributed by atoms with Crippen molar-refractivity contribution < 1.29 is 9.53 Å². The van der Waals surface area contributed by atoms with Crippen molar-refractivity contribution in [1.29, 1.82) is 0 Å². The van der Waals surface area contributed by atoms with Gasteiger partial charge in [0.15, 0.2) is 5.69 Å². The van der Waals surface area contributed by atoms with E-state index < -0.39 is 5.97 Å². The molecule has 0 unspecified atom stereocenters. The first kappa shape index (κ1) is 9.02. The van der Waals surface area contributed by atoms with Crippen molar-refractivity contribution in [2.75, 3.05) is 7.11 Å². The maximum atomic E-state index is 11.1. The third-order valence-electron chi connectivity index (χ3n) is 1.81. The SMILES string of the molecule is COC(=O)c1cn2cc(Cl)ccc2n1. The molecule has 2 aromatic rings. The van der Waals surface area contributed by atoms with Gasteiger partial charge in [-0.25, -0.2) is 9.78 Å². The molecule has 5 heteroatoms. The summed E-state index contributed by atoms with van der Waals surface area (Å²) in [6.45, 7) is 0. The fourth-order valence-electron chi connectivity index (χ4n) is 1.17. The molecule has 0 aliphatic carbocycles. The molecule has 72 valence electrons. The predicted molar refractivity (Wildman–Crippen MR) is 51.5 cm³/mol. The molecule has 0 radical (unpaired) electrons. The van der Waals surface area contributed by atoms with Gasteiger partial charge < -0.3 is 9.14 Å². The van der Waals surface area contributed by atoms with E-state index in [1.807, 2.05) is 0 Å². The number of rotatable bonds is 1. The van der Waals surface area contributed by atoms with Gasteiger partial charge in [-0.2, -0.15) is 0 Å². The molecular weight excluding hydrogens is 204 g/mol. The molecule has 0 aromatic carbocycles. The molecule has 4 nitrogen and oxygen atoms in total. The quantitative estimate of drug-likeness (QED) is 0.674. The zero-order valence-corrected chi connectivity index (χ0v) is 8.15. The fourth-order valence-corrected chi connectivity index (χ4v) is 1.34. The molecule has 0 amide bonds. The molecule has 0 spiro atoms. The molecule has 2 heterocycles. The number of carbonyl (C=O) groups is 1. The number of nitrogens with zero attached hydrogens (tertiary/aromatic N) is 2. The largest absolute Gasteiger partial charge is 0.464 e. The number of halogens is 1. The van der Waals surface area contributed by atoms with Gasteiger partial charge in [0.25, 0.3) is 0 Å². The van der Waals surface area contributed by atoms with E-state index in [0.717, 1.165) is 0 Å². The van der Waals surface area contributed by atoms with Gasteiger partial charge in [-0.05, 0) is 12.1 Å². The third-order valence-corrected chi connectivity index (χ3v) is 2.03. The van der Waals surface area contributed by atoms with Crippen LogP contribution in [-0.4, -0.2) is 22.5 Å². The van der Waals surface area contributed by atoms with Crippen molar-refractivity contribution in [1.82, 2.24) is 9.38 Å². The van der Waals surface area contributed by atoms with Crippen molar-refractivity contribution >= 4 is 23.2 Å². The van der Waals surface area contributed by atoms with Crippen LogP contribution in [0.3, 0.4) is 0 Å². The molecule has 0 atom stereocenters. The van der Waals surface area contributed by atoms with Gasteiger partial charge in [0, 0.05) is 12.4 Å². The van der Waals surface area contributed by atoms with Crippen LogP contribution in [0.25, 0.3) is 5.65 Å². The summed E-state index contributed by atoms with van der Waals surface area (Å²) in [5, 5.41) is 0.589. The van der Waals surface area contributed by atoms with Crippen LogP contribution in [0.1, 0.15) is 10.5 Å². The summed E-state index contributed by atoms with van der Waals surface area (Å²) in [4.78, 5) is 15.2. The summed E-state index contributed by atoms with van der Waals surface area (Å²) in [5.41, 5.74) is 0.935. The maximum Gasteiger partial charge on any atom is 0.358 e. The summed E-state index contributed by atoms with van der Waals surface area (Å²) in [7, 11) is 1.32. The van der Waals surface area contributed by atoms with Crippen molar-refractivity contribution in [2.24, 2.45) is 0 Å². The molecule has 2 rings (SSSR count). The lowest BCUT2D eigenvalue weighted by Crippen LogP contribution is -2.00. The fraction of sp³-hybridized carbons (Fsp3) is 0.111. The number of carbonyl (C=O) groups excluding carboxylic acids is 1. The number of imidazole rings is 1. The molecule has 0 saturated carbocycles. The second-order valence-corrected chi connectivity index (χ2v) is 3.17. The van der Waals surface area contributed by atoms with E-state index in [-0.39, 0.29) is 5.69 Å². The smallest absolute Gasteiger partial charge is 0.358 e. The minimum atomic E-state index is -0.454. The van der Waals surface area contributed by atoms with E-state index in [2.05, 4.69) is 9.72 Å². The second kappa shape index (κ2) is 3.31. The Kier molecular flexibility index (Phi) is 2.13. The van der Waals surface area contributed by atoms with Gasteiger partial charge in [0.05, 0.1) is 12.1 Å². The lowest BCUT2D eigenvalue weighted by Gasteiger charge is -1.91. The summed E-state index contributed by atoms with van der Waals surface area (Å²) >= 11 is 5.78. The average Bonchev–Trinajstić information content (AvgIpc) is 2.59. The Morgan fingerprint density at radius 2 is 2.29 bits per heavy atom. The zero-order chi connectivity index (χ0) is 10.1. The van der Waals surface area contributed by atoms with Gasteiger partial charge in [-0.1, -0.05) is 11.6 Å². The Balaban J connectivity index is 2.56. The Labute approximate surface area is 85.1 Å². The van der Waals surface area contributed by atoms with Crippen LogP contribution < -0.4 is 0 Å². The van der Waals surface area contributed by atoms with Crippen LogP contribution in [0.4, 0.5) is 0 Å². The molecule has 14 heavy (non-hydrogen) atoms. The number of hydrogen-bond acceptors (Lipinski definition) is 3. The van der Waals surface area contributed by atoms with Gasteiger partial charge >= 0.3 is 5.97 Å². The van der Waals surface area contributed by atoms with Crippen molar-refractivity contribution in [3.05, 3.63) is 35.2 Å². The lowest BCUT2D eigenvalue weighted by atomic mass is 10.5. The molecule has 0 fully saturated rings.